The molecule has 0 unspecified atom stereocenters. The van der Waals surface area contributed by atoms with Gasteiger partial charge >= 0.3 is 5.97 Å². The van der Waals surface area contributed by atoms with Crippen LogP contribution < -0.4 is 5.32 Å². The molecule has 36 heavy (non-hydrogen) atoms. The molecule has 1 amide bonds. The Morgan fingerprint density at radius 2 is 1.89 bits per heavy atom. The average Bonchev–Trinajstić information content (AvgIpc) is 3.48. The van der Waals surface area contributed by atoms with Crippen LogP contribution in [0.1, 0.15) is 17.3 Å². The third-order valence-electron chi connectivity index (χ3n) is 5.07. The molecule has 0 bridgehead atoms. The molecule has 184 valence electrons. The van der Waals surface area contributed by atoms with E-state index in [-0.39, 0.29) is 24.1 Å². The maximum absolute atomic E-state index is 13.3. The topological polar surface area (TPSA) is 86.1 Å². The van der Waals surface area contributed by atoms with E-state index in [4.69, 9.17) is 4.74 Å². The minimum Gasteiger partial charge on any atom is -0.462 e. The number of benzene rings is 2. The van der Waals surface area contributed by atoms with E-state index in [9.17, 15) is 14.0 Å². The van der Waals surface area contributed by atoms with Gasteiger partial charge in [0.25, 0.3) is 0 Å². The second-order valence-corrected chi connectivity index (χ2v) is 9.31. The predicted octanol–water partition coefficient (Wildman–Crippen LogP) is 5.91. The standard InChI is InChI=1S/C26H23FN4O3S2/c1-3-14-31-23(18-10-12-19(27)13-11-18)29-30-26(31)36-16-21(32)28-24-22(25(33)34-4-2)20(15-35-24)17-8-6-5-7-9-17/h3,5-13,15H,1,4,14,16H2,2H3,(H,28,32). The Morgan fingerprint density at radius 1 is 1.14 bits per heavy atom. The van der Waals surface area contributed by atoms with Gasteiger partial charge in [-0.3, -0.25) is 9.36 Å². The number of allylic oxidation sites excluding steroid dienone is 1. The van der Waals surface area contributed by atoms with Crippen LogP contribution >= 0.6 is 23.1 Å². The maximum atomic E-state index is 13.3. The van der Waals surface area contributed by atoms with Gasteiger partial charge in [0.1, 0.15) is 16.4 Å². The van der Waals surface area contributed by atoms with Crippen LogP contribution in [0.15, 0.2) is 77.8 Å². The summed E-state index contributed by atoms with van der Waals surface area (Å²) in [7, 11) is 0. The highest BCUT2D eigenvalue weighted by Gasteiger charge is 2.23. The molecule has 0 aliphatic rings. The van der Waals surface area contributed by atoms with Crippen molar-refractivity contribution < 1.29 is 18.7 Å². The molecule has 0 saturated carbocycles. The lowest BCUT2D eigenvalue weighted by Crippen LogP contribution is -2.17. The summed E-state index contributed by atoms with van der Waals surface area (Å²) in [5, 5.41) is 14.1. The number of carbonyl (C=O) groups is 2. The summed E-state index contributed by atoms with van der Waals surface area (Å²) in [5.74, 6) is -0.544. The third kappa shape index (κ3) is 5.72. The number of ether oxygens (including phenoxy) is 1. The number of hydrogen-bond acceptors (Lipinski definition) is 7. The van der Waals surface area contributed by atoms with Gasteiger partial charge in [-0.2, -0.15) is 0 Å². The van der Waals surface area contributed by atoms with Gasteiger partial charge in [-0.15, -0.1) is 28.1 Å². The van der Waals surface area contributed by atoms with Crippen molar-refractivity contribution >= 4 is 40.0 Å². The van der Waals surface area contributed by atoms with E-state index < -0.39 is 5.97 Å². The van der Waals surface area contributed by atoms with Crippen molar-refractivity contribution in [3.05, 3.63) is 84.0 Å². The number of hydrogen-bond donors (Lipinski definition) is 1. The summed E-state index contributed by atoms with van der Waals surface area (Å²) in [6, 6.07) is 15.4. The molecule has 0 atom stereocenters. The van der Waals surface area contributed by atoms with Crippen molar-refractivity contribution in [1.82, 2.24) is 14.8 Å². The largest absolute Gasteiger partial charge is 0.462 e. The maximum Gasteiger partial charge on any atom is 0.341 e. The number of halogens is 1. The molecule has 2 heterocycles. The number of thioether (sulfide) groups is 1. The molecule has 4 rings (SSSR count). The number of nitrogens with one attached hydrogen (secondary N) is 1. The highest BCUT2D eigenvalue weighted by atomic mass is 32.2. The number of esters is 1. The fourth-order valence-electron chi connectivity index (χ4n) is 3.48. The Bertz CT molecular complexity index is 1370. The molecule has 0 aliphatic heterocycles. The number of rotatable bonds is 10. The van der Waals surface area contributed by atoms with Gasteiger partial charge < -0.3 is 10.1 Å². The van der Waals surface area contributed by atoms with Gasteiger partial charge in [-0.25, -0.2) is 9.18 Å². The molecule has 0 radical (unpaired) electrons. The molecule has 10 heteroatoms. The van der Waals surface area contributed by atoms with Crippen molar-refractivity contribution in [1.29, 1.82) is 0 Å². The summed E-state index contributed by atoms with van der Waals surface area (Å²) in [6.45, 7) is 6.16. The minimum absolute atomic E-state index is 0.0412. The van der Waals surface area contributed by atoms with E-state index in [1.54, 1.807) is 29.7 Å². The van der Waals surface area contributed by atoms with Crippen LogP contribution in [-0.2, 0) is 16.1 Å². The van der Waals surface area contributed by atoms with Gasteiger partial charge in [0.15, 0.2) is 11.0 Å². The van der Waals surface area contributed by atoms with Crippen LogP contribution in [0.25, 0.3) is 22.5 Å². The summed E-state index contributed by atoms with van der Waals surface area (Å²) in [4.78, 5) is 25.6. The average molecular weight is 523 g/mol. The zero-order valence-electron chi connectivity index (χ0n) is 19.4. The lowest BCUT2D eigenvalue weighted by Gasteiger charge is -2.09. The van der Waals surface area contributed by atoms with E-state index in [1.807, 2.05) is 35.7 Å². The molecular weight excluding hydrogens is 499 g/mol. The van der Waals surface area contributed by atoms with Crippen LogP contribution in [0.5, 0.6) is 0 Å². The Kier molecular flexibility index (Phi) is 8.29. The van der Waals surface area contributed by atoms with E-state index in [0.29, 0.717) is 39.2 Å². The van der Waals surface area contributed by atoms with Gasteiger partial charge in [-0.1, -0.05) is 48.2 Å². The van der Waals surface area contributed by atoms with Gasteiger partial charge in [0, 0.05) is 23.1 Å². The van der Waals surface area contributed by atoms with Crippen molar-refractivity contribution in [3.8, 4) is 22.5 Å². The summed E-state index contributed by atoms with van der Waals surface area (Å²) < 4.78 is 20.4. The second kappa shape index (κ2) is 11.8. The highest BCUT2D eigenvalue weighted by Crippen LogP contribution is 2.36. The Morgan fingerprint density at radius 3 is 2.58 bits per heavy atom. The number of anilines is 1. The van der Waals surface area contributed by atoms with Crippen LogP contribution in [0.2, 0.25) is 0 Å². The first kappa shape index (κ1) is 25.3. The van der Waals surface area contributed by atoms with Crippen LogP contribution in [-0.4, -0.2) is 39.0 Å². The predicted molar refractivity (Wildman–Crippen MR) is 141 cm³/mol. The summed E-state index contributed by atoms with van der Waals surface area (Å²) in [6.07, 6.45) is 1.70. The molecule has 2 aromatic heterocycles. The van der Waals surface area contributed by atoms with E-state index in [0.717, 1.165) is 5.56 Å². The van der Waals surface area contributed by atoms with Crippen molar-refractivity contribution in [2.24, 2.45) is 0 Å². The van der Waals surface area contributed by atoms with Crippen molar-refractivity contribution in [3.63, 3.8) is 0 Å². The van der Waals surface area contributed by atoms with Gasteiger partial charge in [-0.05, 0) is 36.8 Å². The molecule has 0 fully saturated rings. The highest BCUT2D eigenvalue weighted by molar-refractivity contribution is 7.99. The SMILES string of the molecule is C=CCn1c(SCC(=O)Nc2scc(-c3ccccc3)c2C(=O)OCC)nnc1-c1ccc(F)cc1. The molecular formula is C26H23FN4O3S2. The number of carbonyl (C=O) groups excluding carboxylic acids is 2. The first-order valence-corrected chi connectivity index (χ1v) is 12.9. The summed E-state index contributed by atoms with van der Waals surface area (Å²) >= 11 is 2.47. The third-order valence-corrected chi connectivity index (χ3v) is 6.93. The molecule has 0 spiro atoms. The van der Waals surface area contributed by atoms with E-state index in [1.165, 1.54) is 35.2 Å². The van der Waals surface area contributed by atoms with Crippen LogP contribution in [0.4, 0.5) is 9.39 Å². The molecule has 1 N–H and O–H groups in total. The fraction of sp³-hybridized carbons (Fsp3) is 0.154. The van der Waals surface area contributed by atoms with Gasteiger partial charge in [0.2, 0.25) is 5.91 Å². The van der Waals surface area contributed by atoms with E-state index >= 15 is 0 Å². The van der Waals surface area contributed by atoms with E-state index in [2.05, 4.69) is 22.1 Å². The fourth-order valence-corrected chi connectivity index (χ4v) is 5.20. The van der Waals surface area contributed by atoms with Gasteiger partial charge in [0.05, 0.1) is 12.4 Å². The van der Waals surface area contributed by atoms with Crippen molar-refractivity contribution in [2.45, 2.75) is 18.6 Å². The van der Waals surface area contributed by atoms with Crippen LogP contribution in [0, 0.1) is 5.82 Å². The van der Waals surface area contributed by atoms with Crippen molar-refractivity contribution in [2.75, 3.05) is 17.7 Å². The Balaban J connectivity index is 1.52. The minimum atomic E-state index is -0.491. The molecule has 0 aliphatic carbocycles. The Labute approximate surface area is 216 Å². The quantitative estimate of drug-likeness (QED) is 0.158. The Hall–Kier alpha value is -3.76. The number of aromatic nitrogens is 3. The number of amides is 1. The number of thiophene rings is 1. The van der Waals surface area contributed by atoms with Crippen LogP contribution in [0.3, 0.4) is 0 Å². The normalized spacial score (nSPS) is 10.7. The number of nitrogens with zero attached hydrogens (tertiary/aromatic N) is 3. The first-order valence-electron chi connectivity index (χ1n) is 11.1. The first-order chi connectivity index (χ1) is 17.5. The molecule has 7 nitrogen and oxygen atoms in total. The molecule has 4 aromatic rings. The molecule has 0 saturated heterocycles. The second-order valence-electron chi connectivity index (χ2n) is 7.49. The lowest BCUT2D eigenvalue weighted by atomic mass is 10.0. The lowest BCUT2D eigenvalue weighted by molar-refractivity contribution is -0.113. The smallest absolute Gasteiger partial charge is 0.341 e. The summed E-state index contributed by atoms with van der Waals surface area (Å²) in [5.41, 5.74) is 2.60. The zero-order valence-corrected chi connectivity index (χ0v) is 21.1. The monoisotopic (exact) mass is 522 g/mol. The zero-order chi connectivity index (χ0) is 25.5. The molecule has 2 aromatic carbocycles.